The fourth-order valence-electron chi connectivity index (χ4n) is 1.31. The first-order valence-electron chi connectivity index (χ1n) is 5.20. The van der Waals surface area contributed by atoms with E-state index < -0.39 is 0 Å². The Kier molecular flexibility index (Phi) is 5.32. The average Bonchev–Trinajstić information content (AvgIpc) is 2.29. The number of halogens is 2. The second-order valence-electron chi connectivity index (χ2n) is 3.48. The maximum Gasteiger partial charge on any atom is 0.252 e. The largest absolute Gasteiger partial charge is 0.399 e. The van der Waals surface area contributed by atoms with Gasteiger partial charge in [-0.1, -0.05) is 35.4 Å². The van der Waals surface area contributed by atoms with Crippen molar-refractivity contribution in [2.75, 3.05) is 12.3 Å². The van der Waals surface area contributed by atoms with Gasteiger partial charge in [-0.2, -0.15) is 0 Å². The lowest BCUT2D eigenvalue weighted by molar-refractivity contribution is 0.0954. The fraction of sp³-hybridized carbons (Fsp3) is 0.250. The molecular formula is C12H14Cl2N2O. The van der Waals surface area contributed by atoms with Crippen LogP contribution < -0.4 is 11.1 Å². The molecule has 0 saturated heterocycles. The van der Waals surface area contributed by atoms with E-state index in [-0.39, 0.29) is 16.0 Å². The molecule has 0 atom stereocenters. The summed E-state index contributed by atoms with van der Waals surface area (Å²) >= 11 is 11.8. The molecule has 0 fully saturated rings. The van der Waals surface area contributed by atoms with E-state index in [1.807, 2.05) is 19.1 Å². The maximum absolute atomic E-state index is 11.8. The highest BCUT2D eigenvalue weighted by Crippen LogP contribution is 2.28. The van der Waals surface area contributed by atoms with Crippen molar-refractivity contribution < 1.29 is 4.79 Å². The molecule has 0 spiro atoms. The number of nitrogens with two attached hydrogens (primary N) is 1. The monoisotopic (exact) mass is 272 g/mol. The molecule has 3 N–H and O–H groups in total. The van der Waals surface area contributed by atoms with E-state index in [4.69, 9.17) is 28.9 Å². The van der Waals surface area contributed by atoms with E-state index in [1.165, 1.54) is 12.1 Å². The molecule has 0 heterocycles. The van der Waals surface area contributed by atoms with Gasteiger partial charge in [0.1, 0.15) is 0 Å². The zero-order chi connectivity index (χ0) is 12.8. The van der Waals surface area contributed by atoms with Gasteiger partial charge in [-0.25, -0.2) is 0 Å². The minimum Gasteiger partial charge on any atom is -0.399 e. The van der Waals surface area contributed by atoms with Crippen molar-refractivity contribution in [2.24, 2.45) is 0 Å². The van der Waals surface area contributed by atoms with Crippen LogP contribution >= 0.6 is 23.2 Å². The summed E-state index contributed by atoms with van der Waals surface area (Å²) in [6.07, 6.45) is 4.67. The molecule has 17 heavy (non-hydrogen) atoms. The third kappa shape index (κ3) is 3.95. The summed E-state index contributed by atoms with van der Waals surface area (Å²) in [6.45, 7) is 2.47. The van der Waals surface area contributed by atoms with Gasteiger partial charge in [-0.3, -0.25) is 4.79 Å². The molecule has 92 valence electrons. The van der Waals surface area contributed by atoms with Crippen LogP contribution in [-0.2, 0) is 0 Å². The molecule has 0 unspecified atom stereocenters. The lowest BCUT2D eigenvalue weighted by Crippen LogP contribution is -2.24. The Bertz CT molecular complexity index is 444. The number of anilines is 1. The Morgan fingerprint density at radius 3 is 2.82 bits per heavy atom. The molecule has 5 heteroatoms. The molecule has 0 radical (unpaired) electrons. The number of carbonyl (C=O) groups excluding carboxylic acids is 1. The van der Waals surface area contributed by atoms with Crippen LogP contribution in [0.3, 0.4) is 0 Å². The van der Waals surface area contributed by atoms with Crippen molar-refractivity contribution in [3.8, 4) is 0 Å². The van der Waals surface area contributed by atoms with Crippen LogP contribution in [0.15, 0.2) is 24.3 Å². The van der Waals surface area contributed by atoms with Gasteiger partial charge in [0, 0.05) is 12.2 Å². The molecule has 1 aromatic rings. The second kappa shape index (κ2) is 6.52. The number of hydrogen-bond donors (Lipinski definition) is 2. The highest BCUT2D eigenvalue weighted by Gasteiger charge is 2.13. The van der Waals surface area contributed by atoms with Gasteiger partial charge in [0.05, 0.1) is 15.6 Å². The van der Waals surface area contributed by atoms with Crippen LogP contribution in [0.2, 0.25) is 10.0 Å². The van der Waals surface area contributed by atoms with Crippen LogP contribution in [0, 0.1) is 0 Å². The van der Waals surface area contributed by atoms with Gasteiger partial charge in [-0.05, 0) is 25.5 Å². The third-order valence-electron chi connectivity index (χ3n) is 2.13. The maximum atomic E-state index is 11.8. The van der Waals surface area contributed by atoms with E-state index in [0.29, 0.717) is 17.8 Å². The van der Waals surface area contributed by atoms with E-state index in [9.17, 15) is 4.79 Å². The average molecular weight is 273 g/mol. The SMILES string of the molecule is C/C=C/CCNC(=O)c1cc(N)cc(Cl)c1Cl. The number of nitrogens with one attached hydrogen (secondary N) is 1. The van der Waals surface area contributed by atoms with E-state index in [1.54, 1.807) is 0 Å². The van der Waals surface area contributed by atoms with Gasteiger partial charge >= 0.3 is 0 Å². The van der Waals surface area contributed by atoms with Crippen molar-refractivity contribution in [3.63, 3.8) is 0 Å². The molecule has 0 aromatic heterocycles. The van der Waals surface area contributed by atoms with Gasteiger partial charge < -0.3 is 11.1 Å². The minimum absolute atomic E-state index is 0.226. The molecule has 1 rings (SSSR count). The lowest BCUT2D eigenvalue weighted by Gasteiger charge is -2.08. The summed E-state index contributed by atoms with van der Waals surface area (Å²) < 4.78 is 0. The highest BCUT2D eigenvalue weighted by molar-refractivity contribution is 6.44. The molecule has 1 amide bonds. The fourth-order valence-corrected chi connectivity index (χ4v) is 1.73. The zero-order valence-electron chi connectivity index (χ0n) is 9.47. The van der Waals surface area contributed by atoms with Crippen molar-refractivity contribution in [1.29, 1.82) is 0 Å². The van der Waals surface area contributed by atoms with E-state index >= 15 is 0 Å². The normalized spacial score (nSPS) is 10.8. The second-order valence-corrected chi connectivity index (χ2v) is 4.26. The van der Waals surface area contributed by atoms with Gasteiger partial charge in [0.15, 0.2) is 0 Å². The summed E-state index contributed by atoms with van der Waals surface area (Å²) in [5, 5.41) is 3.25. The van der Waals surface area contributed by atoms with Crippen LogP contribution in [0.4, 0.5) is 5.69 Å². The first-order chi connectivity index (χ1) is 8.06. The number of allylic oxidation sites excluding steroid dienone is 1. The Balaban J connectivity index is 2.75. The first kappa shape index (κ1) is 13.9. The lowest BCUT2D eigenvalue weighted by atomic mass is 10.2. The molecule has 0 aliphatic rings. The number of carbonyl (C=O) groups is 1. The van der Waals surface area contributed by atoms with Crippen molar-refractivity contribution in [3.05, 3.63) is 39.9 Å². The highest BCUT2D eigenvalue weighted by atomic mass is 35.5. The summed E-state index contributed by atoms with van der Waals surface area (Å²) in [5.74, 6) is -0.270. The Morgan fingerprint density at radius 1 is 1.47 bits per heavy atom. The van der Waals surface area contributed by atoms with E-state index in [0.717, 1.165) is 6.42 Å². The standard InChI is InChI=1S/C12H14Cl2N2O/c1-2-3-4-5-16-12(17)9-6-8(15)7-10(13)11(9)14/h2-3,6-7H,4-5,15H2,1H3,(H,16,17)/b3-2+. The first-order valence-corrected chi connectivity index (χ1v) is 5.95. The molecule has 0 aliphatic heterocycles. The van der Waals surface area contributed by atoms with Crippen molar-refractivity contribution in [2.45, 2.75) is 13.3 Å². The number of amides is 1. The molecule has 0 aliphatic carbocycles. The van der Waals surface area contributed by atoms with Gasteiger partial charge in [-0.15, -0.1) is 0 Å². The Labute approximate surface area is 111 Å². The van der Waals surface area contributed by atoms with Crippen LogP contribution in [0.1, 0.15) is 23.7 Å². The molecule has 3 nitrogen and oxygen atoms in total. The number of benzene rings is 1. The molecular weight excluding hydrogens is 259 g/mol. The number of rotatable bonds is 4. The van der Waals surface area contributed by atoms with Crippen molar-refractivity contribution in [1.82, 2.24) is 5.32 Å². The summed E-state index contributed by atoms with van der Waals surface area (Å²) in [5.41, 5.74) is 6.33. The number of hydrogen-bond acceptors (Lipinski definition) is 2. The minimum atomic E-state index is -0.270. The van der Waals surface area contributed by atoms with Gasteiger partial charge in [0.25, 0.3) is 5.91 Å². The van der Waals surface area contributed by atoms with Crippen LogP contribution in [-0.4, -0.2) is 12.5 Å². The Hall–Kier alpha value is -1.19. The molecule has 1 aromatic carbocycles. The predicted octanol–water partition coefficient (Wildman–Crippen LogP) is 3.27. The predicted molar refractivity (Wildman–Crippen MR) is 72.6 cm³/mol. The summed E-state index contributed by atoms with van der Waals surface area (Å²) in [7, 11) is 0. The topological polar surface area (TPSA) is 55.1 Å². The van der Waals surface area contributed by atoms with Crippen LogP contribution in [0.5, 0.6) is 0 Å². The molecule has 0 bridgehead atoms. The van der Waals surface area contributed by atoms with Gasteiger partial charge in [0.2, 0.25) is 0 Å². The van der Waals surface area contributed by atoms with Crippen molar-refractivity contribution >= 4 is 34.8 Å². The summed E-state index contributed by atoms with van der Waals surface area (Å²) in [4.78, 5) is 11.8. The van der Waals surface area contributed by atoms with E-state index in [2.05, 4.69) is 5.32 Å². The summed E-state index contributed by atoms with van der Waals surface area (Å²) in [6, 6.07) is 3.03. The Morgan fingerprint density at radius 2 is 2.18 bits per heavy atom. The quantitative estimate of drug-likeness (QED) is 0.502. The molecule has 0 saturated carbocycles. The number of nitrogen functional groups attached to an aromatic ring is 1. The smallest absolute Gasteiger partial charge is 0.252 e. The zero-order valence-corrected chi connectivity index (χ0v) is 11.0. The van der Waals surface area contributed by atoms with Crippen LogP contribution in [0.25, 0.3) is 0 Å². The third-order valence-corrected chi connectivity index (χ3v) is 2.93.